The average Bonchev–Trinajstić information content (AvgIpc) is 3.09. The van der Waals surface area contributed by atoms with Crippen molar-refractivity contribution in [3.05, 3.63) is 92.5 Å². The number of aromatic nitrogens is 1. The molecule has 4 aromatic rings. The number of fused-ring (bicyclic) bond motifs is 1. The van der Waals surface area contributed by atoms with Crippen LogP contribution < -0.4 is 9.60 Å². The minimum Gasteiger partial charge on any atom is -0.462 e. The van der Waals surface area contributed by atoms with E-state index < -0.39 is 16.0 Å². The Kier molecular flexibility index (Phi) is 6.55. The highest BCUT2D eigenvalue weighted by molar-refractivity contribution is 7.92. The zero-order valence-corrected chi connectivity index (χ0v) is 19.8. The Balaban J connectivity index is 1.64. The largest absolute Gasteiger partial charge is 0.462 e. The summed E-state index contributed by atoms with van der Waals surface area (Å²) in [5, 5.41) is 0.553. The second kappa shape index (κ2) is 9.38. The fourth-order valence-electron chi connectivity index (χ4n) is 3.30. The number of nitrogens with zero attached hydrogens (tertiary/aromatic N) is 1. The van der Waals surface area contributed by atoms with E-state index in [2.05, 4.69) is 4.72 Å². The van der Waals surface area contributed by atoms with Crippen molar-refractivity contribution in [1.29, 1.82) is 0 Å². The number of hydrogen-bond acceptors (Lipinski definition) is 6. The van der Waals surface area contributed by atoms with E-state index in [0.29, 0.717) is 15.2 Å². The monoisotopic (exact) mass is 502 g/mol. The van der Waals surface area contributed by atoms with Crippen molar-refractivity contribution in [3.63, 3.8) is 0 Å². The second-order valence-electron chi connectivity index (χ2n) is 7.08. The maximum absolute atomic E-state index is 13.0. The number of rotatable bonds is 7. The van der Waals surface area contributed by atoms with Crippen LogP contribution in [0.3, 0.4) is 0 Å². The van der Waals surface area contributed by atoms with Gasteiger partial charge < -0.3 is 4.74 Å². The van der Waals surface area contributed by atoms with E-state index in [1.807, 2.05) is 18.2 Å². The summed E-state index contributed by atoms with van der Waals surface area (Å²) in [6.45, 7) is 2.19. The molecule has 0 spiro atoms. The topological polar surface area (TPSA) is 94.5 Å². The van der Waals surface area contributed by atoms with Crippen LogP contribution in [0.1, 0.15) is 22.8 Å². The van der Waals surface area contributed by atoms with Crippen molar-refractivity contribution in [2.45, 2.75) is 18.4 Å². The molecule has 0 radical (unpaired) electrons. The molecule has 0 unspecified atom stereocenters. The van der Waals surface area contributed by atoms with E-state index >= 15 is 0 Å². The molecule has 7 nitrogen and oxygen atoms in total. The lowest BCUT2D eigenvalue weighted by molar-refractivity contribution is 0.0526. The van der Waals surface area contributed by atoms with E-state index in [9.17, 15) is 18.0 Å². The van der Waals surface area contributed by atoms with Crippen molar-refractivity contribution in [2.75, 3.05) is 11.3 Å². The van der Waals surface area contributed by atoms with Gasteiger partial charge in [0.25, 0.3) is 10.0 Å². The number of carbonyl (C=O) groups is 1. The third-order valence-electron chi connectivity index (χ3n) is 4.86. The molecule has 1 aromatic heterocycles. The number of anilines is 1. The van der Waals surface area contributed by atoms with Gasteiger partial charge in [-0.2, -0.15) is 0 Å². The van der Waals surface area contributed by atoms with Crippen molar-refractivity contribution in [3.8, 4) is 0 Å². The zero-order valence-electron chi connectivity index (χ0n) is 17.4. The summed E-state index contributed by atoms with van der Waals surface area (Å²) in [5.41, 5.74) is 1.88. The molecule has 1 N–H and O–H groups in total. The number of benzene rings is 3. The van der Waals surface area contributed by atoms with Gasteiger partial charge in [-0.1, -0.05) is 47.2 Å². The second-order valence-corrected chi connectivity index (χ2v) is 10.2. The Bertz CT molecular complexity index is 1510. The molecule has 170 valence electrons. The van der Waals surface area contributed by atoms with Gasteiger partial charge in [0.2, 0.25) is 0 Å². The summed E-state index contributed by atoms with van der Waals surface area (Å²) < 4.78 is 35.4. The number of thiazole rings is 1. The normalized spacial score (nSPS) is 11.5. The number of halogens is 1. The van der Waals surface area contributed by atoms with Crippen LogP contribution in [0.25, 0.3) is 10.2 Å². The van der Waals surface area contributed by atoms with Gasteiger partial charge in [-0.3, -0.25) is 14.1 Å². The van der Waals surface area contributed by atoms with Crippen molar-refractivity contribution >= 4 is 54.8 Å². The Labute approximate surface area is 199 Å². The first-order valence-corrected chi connectivity index (χ1v) is 12.6. The van der Waals surface area contributed by atoms with Gasteiger partial charge in [0.15, 0.2) is 0 Å². The SMILES string of the molecule is CCOC(=O)c1cccc(NS(=O)(=O)c2ccc3c(c2)sc(=O)n3Cc2ccccc2Cl)c1. The summed E-state index contributed by atoms with van der Waals surface area (Å²) in [7, 11) is -3.96. The molecule has 3 aromatic carbocycles. The molecule has 4 rings (SSSR count). The Hall–Kier alpha value is -3.14. The van der Waals surface area contributed by atoms with Gasteiger partial charge in [0.05, 0.1) is 33.8 Å². The van der Waals surface area contributed by atoms with Gasteiger partial charge >= 0.3 is 10.8 Å². The standard InChI is InChI=1S/C23H19ClN2O5S2/c1-2-31-22(27)15-7-5-8-17(12-15)25-33(29,30)18-10-11-20-21(13-18)32-23(28)26(20)14-16-6-3-4-9-19(16)24/h3-13,25H,2,14H2,1H3. The van der Waals surface area contributed by atoms with Crippen LogP contribution in [0, 0.1) is 0 Å². The summed E-state index contributed by atoms with van der Waals surface area (Å²) in [4.78, 5) is 24.3. The lowest BCUT2D eigenvalue weighted by atomic mass is 10.2. The van der Waals surface area contributed by atoms with E-state index in [1.54, 1.807) is 35.8 Å². The molecule has 0 saturated carbocycles. The van der Waals surface area contributed by atoms with Gasteiger partial charge in [0, 0.05) is 10.7 Å². The summed E-state index contributed by atoms with van der Waals surface area (Å²) >= 11 is 7.19. The number of nitrogens with one attached hydrogen (secondary N) is 1. The maximum atomic E-state index is 13.0. The van der Waals surface area contributed by atoms with Crippen LogP contribution in [0.2, 0.25) is 5.02 Å². The van der Waals surface area contributed by atoms with Crippen molar-refractivity contribution in [2.24, 2.45) is 0 Å². The Morgan fingerprint density at radius 2 is 1.88 bits per heavy atom. The number of sulfonamides is 1. The zero-order chi connectivity index (χ0) is 23.6. The van der Waals surface area contributed by atoms with Crippen molar-refractivity contribution < 1.29 is 17.9 Å². The molecule has 0 aliphatic carbocycles. The first kappa shape index (κ1) is 23.0. The first-order valence-electron chi connectivity index (χ1n) is 9.95. The molecule has 0 amide bonds. The highest BCUT2D eigenvalue weighted by atomic mass is 35.5. The summed E-state index contributed by atoms with van der Waals surface area (Å²) in [6.07, 6.45) is 0. The van der Waals surface area contributed by atoms with Gasteiger partial charge in [-0.05, 0) is 55.0 Å². The maximum Gasteiger partial charge on any atom is 0.338 e. The molecule has 0 aliphatic rings. The van der Waals surface area contributed by atoms with E-state index in [0.717, 1.165) is 16.9 Å². The minimum atomic E-state index is -3.96. The molecule has 10 heteroatoms. The van der Waals surface area contributed by atoms with Gasteiger partial charge in [0.1, 0.15) is 0 Å². The van der Waals surface area contributed by atoms with Gasteiger partial charge in [-0.15, -0.1) is 0 Å². The summed E-state index contributed by atoms with van der Waals surface area (Å²) in [6, 6.07) is 17.8. The minimum absolute atomic E-state index is 0.00248. The number of carbonyl (C=O) groups excluding carboxylic acids is 1. The first-order chi connectivity index (χ1) is 15.8. The highest BCUT2D eigenvalue weighted by Crippen LogP contribution is 2.25. The number of hydrogen-bond donors (Lipinski definition) is 1. The molecule has 0 atom stereocenters. The van der Waals surface area contributed by atoms with Crippen LogP contribution in [0.15, 0.2) is 76.4 Å². The third-order valence-corrected chi connectivity index (χ3v) is 7.55. The van der Waals surface area contributed by atoms with E-state index in [-0.39, 0.29) is 34.2 Å². The van der Waals surface area contributed by atoms with E-state index in [1.165, 1.54) is 24.3 Å². The molecule has 1 heterocycles. The Morgan fingerprint density at radius 3 is 2.64 bits per heavy atom. The average molecular weight is 503 g/mol. The van der Waals surface area contributed by atoms with Crippen LogP contribution in [0.4, 0.5) is 5.69 Å². The van der Waals surface area contributed by atoms with E-state index in [4.69, 9.17) is 16.3 Å². The van der Waals surface area contributed by atoms with Crippen molar-refractivity contribution in [1.82, 2.24) is 4.57 Å². The van der Waals surface area contributed by atoms with Gasteiger partial charge in [-0.25, -0.2) is 13.2 Å². The molecule has 0 fully saturated rings. The summed E-state index contributed by atoms with van der Waals surface area (Å²) in [5.74, 6) is -0.537. The predicted octanol–water partition coefficient (Wildman–Crippen LogP) is 4.74. The lowest BCUT2D eigenvalue weighted by Crippen LogP contribution is -2.14. The molecule has 0 aliphatic heterocycles. The van der Waals surface area contributed by atoms with Crippen LogP contribution in [-0.2, 0) is 21.3 Å². The van der Waals surface area contributed by atoms with Crippen LogP contribution in [-0.4, -0.2) is 25.6 Å². The van der Waals surface area contributed by atoms with Crippen LogP contribution >= 0.6 is 22.9 Å². The predicted molar refractivity (Wildman–Crippen MR) is 130 cm³/mol. The number of ether oxygens (including phenoxy) is 1. The fourth-order valence-corrected chi connectivity index (χ4v) is 5.57. The third kappa shape index (κ3) is 4.95. The smallest absolute Gasteiger partial charge is 0.338 e. The Morgan fingerprint density at radius 1 is 1.09 bits per heavy atom. The molecule has 0 bridgehead atoms. The molecule has 33 heavy (non-hydrogen) atoms. The lowest BCUT2D eigenvalue weighted by Gasteiger charge is -2.10. The highest BCUT2D eigenvalue weighted by Gasteiger charge is 2.18. The molecule has 0 saturated heterocycles. The number of esters is 1. The van der Waals surface area contributed by atoms with Crippen LogP contribution in [0.5, 0.6) is 0 Å². The fraction of sp³-hybridized carbons (Fsp3) is 0.130. The molecular weight excluding hydrogens is 484 g/mol. The molecular formula is C23H19ClN2O5S2. The quantitative estimate of drug-likeness (QED) is 0.368.